The summed E-state index contributed by atoms with van der Waals surface area (Å²) >= 11 is 0. The van der Waals surface area contributed by atoms with Crippen molar-refractivity contribution >= 4 is 41.5 Å². The number of amides is 1. The molecule has 0 aliphatic carbocycles. The molecule has 0 saturated heterocycles. The molecule has 11 nitrogen and oxygen atoms in total. The van der Waals surface area contributed by atoms with Crippen molar-refractivity contribution in [2.24, 2.45) is 0 Å². The zero-order valence-electron chi connectivity index (χ0n) is 16.8. The minimum Gasteiger partial charge on any atom is -0.480 e. The van der Waals surface area contributed by atoms with E-state index in [9.17, 15) is 14.2 Å². The Kier molecular flexibility index (Phi) is 5.55. The molecule has 1 amide bonds. The number of nitrogens with zero attached hydrogens (tertiary/aromatic N) is 2. The SMILES string of the molecule is CC(c1nc2ccccc2[nH]1)c1nc2ccc(C(=O)NC(CP(=O)(O)O)C(=O)O)cc2[nH]1. The Hall–Kier alpha value is -3.53. The van der Waals surface area contributed by atoms with Crippen molar-refractivity contribution in [1.82, 2.24) is 25.3 Å². The molecule has 2 unspecified atom stereocenters. The monoisotopic (exact) mass is 457 g/mol. The van der Waals surface area contributed by atoms with Gasteiger partial charge in [-0.25, -0.2) is 14.8 Å². The Bertz CT molecular complexity index is 1340. The topological polar surface area (TPSA) is 181 Å². The van der Waals surface area contributed by atoms with E-state index in [1.807, 2.05) is 31.2 Å². The number of aromatic nitrogens is 4. The molecule has 2 aromatic carbocycles. The van der Waals surface area contributed by atoms with Gasteiger partial charge in [-0.2, -0.15) is 0 Å². The van der Waals surface area contributed by atoms with E-state index >= 15 is 0 Å². The molecular formula is C20H20N5O6P. The van der Waals surface area contributed by atoms with Crippen molar-refractivity contribution in [1.29, 1.82) is 0 Å². The number of para-hydroxylation sites is 2. The first-order valence-electron chi connectivity index (χ1n) is 9.63. The number of H-pyrrole nitrogens is 2. The van der Waals surface area contributed by atoms with E-state index < -0.39 is 31.7 Å². The molecule has 0 fully saturated rings. The average Bonchev–Trinajstić information content (AvgIpc) is 3.35. The van der Waals surface area contributed by atoms with Crippen molar-refractivity contribution in [3.63, 3.8) is 0 Å². The first-order chi connectivity index (χ1) is 15.1. The van der Waals surface area contributed by atoms with Crippen LogP contribution in [0.25, 0.3) is 22.1 Å². The van der Waals surface area contributed by atoms with Gasteiger partial charge in [0.1, 0.15) is 17.7 Å². The zero-order valence-corrected chi connectivity index (χ0v) is 17.7. The van der Waals surface area contributed by atoms with Crippen LogP contribution in [0.15, 0.2) is 42.5 Å². The van der Waals surface area contributed by atoms with Gasteiger partial charge >= 0.3 is 13.6 Å². The number of hydrogen-bond acceptors (Lipinski definition) is 5. The number of aromatic amines is 2. The van der Waals surface area contributed by atoms with Gasteiger partial charge in [0.15, 0.2) is 0 Å². The van der Waals surface area contributed by atoms with Crippen LogP contribution in [0.5, 0.6) is 0 Å². The highest BCUT2D eigenvalue weighted by Gasteiger charge is 2.29. The second kappa shape index (κ2) is 8.19. The number of rotatable bonds is 7. The zero-order chi connectivity index (χ0) is 23.0. The summed E-state index contributed by atoms with van der Waals surface area (Å²) < 4.78 is 11.1. The summed E-state index contributed by atoms with van der Waals surface area (Å²) in [6.45, 7) is 1.93. The Balaban J connectivity index is 1.57. The lowest BCUT2D eigenvalue weighted by molar-refractivity contribution is -0.138. The van der Waals surface area contributed by atoms with E-state index in [2.05, 4.69) is 25.3 Å². The summed E-state index contributed by atoms with van der Waals surface area (Å²) in [5.74, 6) is -1.14. The van der Waals surface area contributed by atoms with Crippen LogP contribution in [0.3, 0.4) is 0 Å². The summed E-state index contributed by atoms with van der Waals surface area (Å²) in [6, 6.07) is 10.5. The van der Waals surface area contributed by atoms with Crippen molar-refractivity contribution in [2.45, 2.75) is 18.9 Å². The summed E-state index contributed by atoms with van der Waals surface area (Å²) in [7, 11) is -4.63. The van der Waals surface area contributed by atoms with E-state index in [4.69, 9.17) is 14.9 Å². The van der Waals surface area contributed by atoms with Crippen LogP contribution in [0, 0.1) is 0 Å². The van der Waals surface area contributed by atoms with Gasteiger partial charge in [-0.15, -0.1) is 0 Å². The van der Waals surface area contributed by atoms with Crippen LogP contribution in [0.2, 0.25) is 0 Å². The van der Waals surface area contributed by atoms with Gasteiger partial charge in [-0.1, -0.05) is 12.1 Å². The van der Waals surface area contributed by atoms with E-state index in [0.29, 0.717) is 16.9 Å². The van der Waals surface area contributed by atoms with Gasteiger partial charge in [0.2, 0.25) is 0 Å². The molecule has 0 radical (unpaired) electrons. The molecule has 0 aliphatic rings. The van der Waals surface area contributed by atoms with Crippen LogP contribution < -0.4 is 5.32 Å². The molecule has 2 aromatic heterocycles. The van der Waals surface area contributed by atoms with E-state index in [-0.39, 0.29) is 11.5 Å². The average molecular weight is 457 g/mol. The Morgan fingerprint density at radius 3 is 2.28 bits per heavy atom. The van der Waals surface area contributed by atoms with Gasteiger partial charge in [0.05, 0.1) is 34.1 Å². The molecule has 0 saturated carbocycles. The summed E-state index contributed by atoms with van der Waals surface area (Å²) in [5.41, 5.74) is 3.03. The van der Waals surface area contributed by atoms with Crippen LogP contribution in [-0.2, 0) is 9.36 Å². The number of nitrogens with one attached hydrogen (secondary N) is 3. The van der Waals surface area contributed by atoms with Crippen LogP contribution in [0.1, 0.15) is 34.8 Å². The lowest BCUT2D eigenvalue weighted by Crippen LogP contribution is -2.43. The number of imidazole rings is 2. The van der Waals surface area contributed by atoms with Gasteiger partial charge < -0.3 is 30.2 Å². The Labute approximate surface area is 181 Å². The highest BCUT2D eigenvalue weighted by atomic mass is 31.2. The highest BCUT2D eigenvalue weighted by molar-refractivity contribution is 7.51. The molecule has 166 valence electrons. The molecule has 2 heterocycles. The second-order valence-corrected chi connectivity index (χ2v) is 9.12. The van der Waals surface area contributed by atoms with Gasteiger partial charge in [0.25, 0.3) is 5.91 Å². The highest BCUT2D eigenvalue weighted by Crippen LogP contribution is 2.35. The minimum absolute atomic E-state index is 0.126. The smallest absolute Gasteiger partial charge is 0.328 e. The van der Waals surface area contributed by atoms with Crippen molar-refractivity contribution in [3.8, 4) is 0 Å². The number of fused-ring (bicyclic) bond motifs is 2. The number of carboxylic acids is 1. The van der Waals surface area contributed by atoms with Crippen molar-refractivity contribution in [2.75, 3.05) is 6.16 Å². The molecule has 32 heavy (non-hydrogen) atoms. The van der Waals surface area contributed by atoms with Crippen molar-refractivity contribution < 1.29 is 29.0 Å². The first kappa shape index (κ1) is 21.7. The predicted octanol–water partition coefficient (Wildman–Crippen LogP) is 1.95. The fraction of sp³-hybridized carbons (Fsp3) is 0.200. The molecule has 0 aliphatic heterocycles. The molecule has 12 heteroatoms. The van der Waals surface area contributed by atoms with Crippen molar-refractivity contribution in [3.05, 3.63) is 59.7 Å². The number of hydrogen-bond donors (Lipinski definition) is 6. The molecular weight excluding hydrogens is 437 g/mol. The van der Waals surface area contributed by atoms with Gasteiger partial charge in [-0.05, 0) is 37.3 Å². The lowest BCUT2D eigenvalue weighted by atomic mass is 10.1. The third-order valence-electron chi connectivity index (χ3n) is 5.01. The molecule has 2 atom stereocenters. The quantitative estimate of drug-likeness (QED) is 0.228. The third kappa shape index (κ3) is 4.54. The van der Waals surface area contributed by atoms with E-state index in [0.717, 1.165) is 16.9 Å². The first-order valence-corrected chi connectivity index (χ1v) is 11.4. The molecule has 6 N–H and O–H groups in total. The molecule has 4 aromatic rings. The maximum absolute atomic E-state index is 12.5. The second-order valence-electron chi connectivity index (χ2n) is 7.43. The standard InChI is InChI=1S/C20H20N5O6P/c1-10(17-21-12-4-2-3-5-13(12)22-17)18-23-14-7-6-11(8-15(14)24-18)19(26)25-16(20(27)28)9-32(29,30)31/h2-8,10,16H,9H2,1H3,(H,21,22)(H,23,24)(H,25,26)(H,27,28)(H2,29,30,31). The predicted molar refractivity (Wildman–Crippen MR) is 116 cm³/mol. The lowest BCUT2D eigenvalue weighted by Gasteiger charge is -2.15. The van der Waals surface area contributed by atoms with Crippen LogP contribution >= 0.6 is 7.60 Å². The maximum Gasteiger partial charge on any atom is 0.328 e. The number of aliphatic carboxylic acids is 1. The largest absolute Gasteiger partial charge is 0.480 e. The van der Waals surface area contributed by atoms with Gasteiger partial charge in [-0.3, -0.25) is 9.36 Å². The summed E-state index contributed by atoms with van der Waals surface area (Å²) in [5, 5.41) is 11.3. The molecule has 0 bridgehead atoms. The fourth-order valence-corrected chi connectivity index (χ4v) is 4.07. The Morgan fingerprint density at radius 2 is 1.66 bits per heavy atom. The fourth-order valence-electron chi connectivity index (χ4n) is 3.35. The summed E-state index contributed by atoms with van der Waals surface area (Å²) in [6.07, 6.45) is -1.00. The van der Waals surface area contributed by atoms with E-state index in [1.54, 1.807) is 6.07 Å². The Morgan fingerprint density at radius 1 is 1.03 bits per heavy atom. The minimum atomic E-state index is -4.63. The number of benzene rings is 2. The molecule has 0 spiro atoms. The number of carbonyl (C=O) groups excluding carboxylic acids is 1. The number of carbonyl (C=O) groups is 2. The third-order valence-corrected chi connectivity index (χ3v) is 5.86. The normalized spacial score (nSPS) is 13.8. The molecule has 4 rings (SSSR count). The van der Waals surface area contributed by atoms with E-state index in [1.165, 1.54) is 12.1 Å². The van der Waals surface area contributed by atoms with Crippen LogP contribution in [-0.4, -0.2) is 58.9 Å². The van der Waals surface area contributed by atoms with Gasteiger partial charge in [0, 0.05) is 5.56 Å². The number of carboxylic acid groups (broad SMARTS) is 1. The van der Waals surface area contributed by atoms with Crippen LogP contribution in [0.4, 0.5) is 0 Å². The maximum atomic E-state index is 12.5. The summed E-state index contributed by atoms with van der Waals surface area (Å²) in [4.78, 5) is 57.3.